The third kappa shape index (κ3) is 7.75. The number of rotatable bonds is 7. The summed E-state index contributed by atoms with van der Waals surface area (Å²) in [6, 6.07) is 3.54. The number of nitrogens with two attached hydrogens (primary N) is 2. The fourth-order valence-electron chi connectivity index (χ4n) is 1.19. The molecule has 0 amide bonds. The van der Waals surface area contributed by atoms with E-state index in [1.165, 1.54) is 6.08 Å². The molecule has 0 aliphatic heterocycles. The van der Waals surface area contributed by atoms with Gasteiger partial charge in [-0.25, -0.2) is 0 Å². The van der Waals surface area contributed by atoms with Crippen LogP contribution in [0, 0.1) is 22.7 Å². The molecule has 4 heteroatoms. The van der Waals surface area contributed by atoms with Crippen LogP contribution in [0.1, 0.15) is 25.7 Å². The fourth-order valence-corrected chi connectivity index (χ4v) is 1.19. The first kappa shape index (κ1) is 14.4. The molecule has 0 saturated heterocycles. The Balaban J connectivity index is 3.84. The first-order valence-corrected chi connectivity index (χ1v) is 5.39. The van der Waals surface area contributed by atoms with Crippen LogP contribution in [0.2, 0.25) is 0 Å². The highest BCUT2D eigenvalue weighted by Gasteiger charge is 1.96. The Morgan fingerprint density at radius 2 is 1.88 bits per heavy atom. The predicted octanol–water partition coefficient (Wildman–Crippen LogP) is 1.36. The zero-order valence-corrected chi connectivity index (χ0v) is 9.39. The van der Waals surface area contributed by atoms with Crippen molar-refractivity contribution in [3.05, 3.63) is 23.8 Å². The average Bonchev–Trinajstić information content (AvgIpc) is 2.30. The van der Waals surface area contributed by atoms with Crippen LogP contribution in [0.5, 0.6) is 0 Å². The van der Waals surface area contributed by atoms with Crippen molar-refractivity contribution in [2.24, 2.45) is 11.5 Å². The summed E-state index contributed by atoms with van der Waals surface area (Å²) in [5, 5.41) is 16.9. The lowest BCUT2D eigenvalue weighted by molar-refractivity contribution is 0.610. The number of allylic oxidation sites excluding steroid dienone is 3. The van der Waals surface area contributed by atoms with Crippen molar-refractivity contribution in [3.8, 4) is 12.1 Å². The lowest BCUT2D eigenvalue weighted by Gasteiger charge is -2.04. The SMILES string of the molecule is N#CC(C#N)=CC=CC(N)CCCCCN. The van der Waals surface area contributed by atoms with Crippen molar-refractivity contribution >= 4 is 0 Å². The van der Waals surface area contributed by atoms with Gasteiger partial charge in [0.15, 0.2) is 0 Å². The van der Waals surface area contributed by atoms with Crippen molar-refractivity contribution in [1.29, 1.82) is 10.5 Å². The van der Waals surface area contributed by atoms with Gasteiger partial charge in [0.1, 0.15) is 17.7 Å². The van der Waals surface area contributed by atoms with Crippen LogP contribution in [-0.2, 0) is 0 Å². The maximum Gasteiger partial charge on any atom is 0.129 e. The second-order valence-corrected chi connectivity index (χ2v) is 3.49. The summed E-state index contributed by atoms with van der Waals surface area (Å²) in [5.74, 6) is 0. The van der Waals surface area contributed by atoms with E-state index in [2.05, 4.69) is 0 Å². The van der Waals surface area contributed by atoms with Crippen molar-refractivity contribution in [3.63, 3.8) is 0 Å². The Morgan fingerprint density at radius 1 is 1.19 bits per heavy atom. The van der Waals surface area contributed by atoms with Gasteiger partial charge in [0.25, 0.3) is 0 Å². The predicted molar refractivity (Wildman–Crippen MR) is 63.9 cm³/mol. The minimum absolute atomic E-state index is 0.0207. The Kier molecular flexibility index (Phi) is 8.91. The number of hydrogen-bond donors (Lipinski definition) is 2. The molecular formula is C12H18N4. The zero-order valence-electron chi connectivity index (χ0n) is 9.39. The van der Waals surface area contributed by atoms with Gasteiger partial charge in [-0.15, -0.1) is 0 Å². The molecule has 0 saturated carbocycles. The second kappa shape index (κ2) is 9.92. The van der Waals surface area contributed by atoms with E-state index in [1.54, 1.807) is 24.3 Å². The molecule has 0 fully saturated rings. The molecule has 0 radical (unpaired) electrons. The number of nitrogens with zero attached hydrogens (tertiary/aromatic N) is 2. The molecule has 0 spiro atoms. The standard InChI is InChI=1S/C12H18N4/c13-8-3-1-2-6-12(16)7-4-5-11(9-14)10-15/h4-5,7,12H,1-3,6,8,13,16H2. The number of unbranched alkanes of at least 4 members (excludes halogenated alkanes) is 2. The molecule has 0 aromatic heterocycles. The van der Waals surface area contributed by atoms with Gasteiger partial charge in [-0.3, -0.25) is 0 Å². The molecular weight excluding hydrogens is 200 g/mol. The summed E-state index contributed by atoms with van der Waals surface area (Å²) >= 11 is 0. The Morgan fingerprint density at radius 3 is 2.44 bits per heavy atom. The normalized spacial score (nSPS) is 11.8. The minimum Gasteiger partial charge on any atom is -0.330 e. The van der Waals surface area contributed by atoms with Gasteiger partial charge in [-0.2, -0.15) is 10.5 Å². The summed E-state index contributed by atoms with van der Waals surface area (Å²) in [7, 11) is 0. The monoisotopic (exact) mass is 218 g/mol. The van der Waals surface area contributed by atoms with Crippen molar-refractivity contribution in [2.45, 2.75) is 31.7 Å². The quantitative estimate of drug-likeness (QED) is 0.383. The van der Waals surface area contributed by atoms with Gasteiger partial charge >= 0.3 is 0 Å². The van der Waals surface area contributed by atoms with Crippen LogP contribution < -0.4 is 11.5 Å². The molecule has 0 aliphatic rings. The number of nitriles is 2. The summed E-state index contributed by atoms with van der Waals surface area (Å²) in [5.41, 5.74) is 11.3. The summed E-state index contributed by atoms with van der Waals surface area (Å²) in [6.45, 7) is 0.724. The molecule has 0 aromatic carbocycles. The lowest BCUT2D eigenvalue weighted by Crippen LogP contribution is -2.16. The summed E-state index contributed by atoms with van der Waals surface area (Å²) < 4.78 is 0. The molecule has 0 heterocycles. The van der Waals surface area contributed by atoms with E-state index in [9.17, 15) is 0 Å². The maximum absolute atomic E-state index is 8.47. The Labute approximate surface area is 96.8 Å². The van der Waals surface area contributed by atoms with Crippen molar-refractivity contribution in [2.75, 3.05) is 6.54 Å². The lowest BCUT2D eigenvalue weighted by atomic mass is 10.1. The van der Waals surface area contributed by atoms with Crippen molar-refractivity contribution in [1.82, 2.24) is 0 Å². The Hall–Kier alpha value is -1.62. The molecule has 0 bridgehead atoms. The van der Waals surface area contributed by atoms with Crippen LogP contribution in [0.4, 0.5) is 0 Å². The first-order chi connectivity index (χ1) is 7.74. The summed E-state index contributed by atoms with van der Waals surface area (Å²) in [4.78, 5) is 0. The highest BCUT2D eigenvalue weighted by molar-refractivity contribution is 5.38. The second-order valence-electron chi connectivity index (χ2n) is 3.49. The van der Waals surface area contributed by atoms with Crippen LogP contribution >= 0.6 is 0 Å². The highest BCUT2D eigenvalue weighted by Crippen LogP contribution is 2.02. The molecule has 0 aromatic rings. The van der Waals surface area contributed by atoms with Crippen molar-refractivity contribution < 1.29 is 0 Å². The molecule has 1 unspecified atom stereocenters. The van der Waals surface area contributed by atoms with Crippen LogP contribution in [-0.4, -0.2) is 12.6 Å². The van der Waals surface area contributed by atoms with Gasteiger partial charge in [-0.1, -0.05) is 25.0 Å². The van der Waals surface area contributed by atoms with Crippen LogP contribution in [0.15, 0.2) is 23.8 Å². The average molecular weight is 218 g/mol. The highest BCUT2D eigenvalue weighted by atomic mass is 14.6. The van der Waals surface area contributed by atoms with E-state index in [0.29, 0.717) is 0 Å². The molecule has 0 rings (SSSR count). The van der Waals surface area contributed by atoms with Gasteiger partial charge < -0.3 is 11.5 Å². The van der Waals surface area contributed by atoms with Gasteiger partial charge in [0.2, 0.25) is 0 Å². The molecule has 16 heavy (non-hydrogen) atoms. The Bertz CT molecular complexity index is 301. The smallest absolute Gasteiger partial charge is 0.129 e. The molecule has 4 N–H and O–H groups in total. The zero-order chi connectivity index (χ0) is 12.2. The topological polar surface area (TPSA) is 99.6 Å². The largest absolute Gasteiger partial charge is 0.330 e. The van der Waals surface area contributed by atoms with E-state index in [-0.39, 0.29) is 11.6 Å². The maximum atomic E-state index is 8.47. The first-order valence-electron chi connectivity index (χ1n) is 5.39. The van der Waals surface area contributed by atoms with E-state index in [0.717, 1.165) is 32.2 Å². The van der Waals surface area contributed by atoms with E-state index in [1.807, 2.05) is 0 Å². The third-order valence-corrected chi connectivity index (χ3v) is 2.10. The fraction of sp³-hybridized carbons (Fsp3) is 0.500. The van der Waals surface area contributed by atoms with Gasteiger partial charge in [0.05, 0.1) is 0 Å². The van der Waals surface area contributed by atoms with Crippen LogP contribution in [0.3, 0.4) is 0 Å². The third-order valence-electron chi connectivity index (χ3n) is 2.10. The molecule has 86 valence electrons. The molecule has 4 nitrogen and oxygen atoms in total. The van der Waals surface area contributed by atoms with E-state index < -0.39 is 0 Å². The van der Waals surface area contributed by atoms with Gasteiger partial charge in [0, 0.05) is 6.04 Å². The molecule has 1 atom stereocenters. The molecule has 0 aliphatic carbocycles. The van der Waals surface area contributed by atoms with E-state index >= 15 is 0 Å². The summed E-state index contributed by atoms with van der Waals surface area (Å²) in [6.07, 6.45) is 9.01. The van der Waals surface area contributed by atoms with Gasteiger partial charge in [-0.05, 0) is 25.5 Å². The van der Waals surface area contributed by atoms with Crippen LogP contribution in [0.25, 0.3) is 0 Å². The number of hydrogen-bond acceptors (Lipinski definition) is 4. The minimum atomic E-state index is -0.0207. The van der Waals surface area contributed by atoms with E-state index in [4.69, 9.17) is 22.0 Å².